The van der Waals surface area contributed by atoms with E-state index in [0.29, 0.717) is 13.0 Å². The molecule has 0 aromatic heterocycles. The zero-order chi connectivity index (χ0) is 10.1. The van der Waals surface area contributed by atoms with E-state index < -0.39 is 0 Å². The molecule has 3 heteroatoms. The van der Waals surface area contributed by atoms with E-state index in [9.17, 15) is 4.79 Å². The van der Waals surface area contributed by atoms with Gasteiger partial charge in [-0.3, -0.25) is 4.79 Å². The van der Waals surface area contributed by atoms with Gasteiger partial charge in [-0.1, -0.05) is 13.8 Å². The molecule has 0 saturated carbocycles. The lowest BCUT2D eigenvalue weighted by Gasteiger charge is -2.21. The van der Waals surface area contributed by atoms with Crippen molar-refractivity contribution < 1.29 is 4.79 Å². The van der Waals surface area contributed by atoms with Crippen LogP contribution in [-0.4, -0.2) is 30.4 Å². The van der Waals surface area contributed by atoms with E-state index >= 15 is 0 Å². The Morgan fingerprint density at radius 3 is 2.38 bits per heavy atom. The van der Waals surface area contributed by atoms with E-state index in [1.54, 1.807) is 0 Å². The maximum Gasteiger partial charge on any atom is 0.222 e. The molecular weight excluding hydrogens is 164 g/mol. The maximum absolute atomic E-state index is 11.5. The molecule has 2 N–H and O–H groups in total. The molecule has 0 unspecified atom stereocenters. The van der Waals surface area contributed by atoms with E-state index in [-0.39, 0.29) is 5.91 Å². The first-order valence-corrected chi connectivity index (χ1v) is 5.24. The molecule has 0 bridgehead atoms. The number of nitrogens with two attached hydrogens (primary N) is 1. The van der Waals surface area contributed by atoms with Gasteiger partial charge in [0.05, 0.1) is 0 Å². The zero-order valence-corrected chi connectivity index (χ0v) is 8.88. The van der Waals surface area contributed by atoms with Crippen LogP contribution < -0.4 is 5.73 Å². The Balaban J connectivity index is 3.83. The Morgan fingerprint density at radius 2 is 1.92 bits per heavy atom. The number of carbonyl (C=O) groups is 1. The molecule has 78 valence electrons. The first-order chi connectivity index (χ1) is 6.26. The van der Waals surface area contributed by atoms with Crippen molar-refractivity contribution in [2.75, 3.05) is 19.6 Å². The van der Waals surface area contributed by atoms with Gasteiger partial charge in [0, 0.05) is 19.5 Å². The van der Waals surface area contributed by atoms with Crippen LogP contribution >= 0.6 is 0 Å². The molecule has 0 aliphatic carbocycles. The van der Waals surface area contributed by atoms with Crippen molar-refractivity contribution in [3.05, 3.63) is 0 Å². The Labute approximate surface area is 81.3 Å². The smallest absolute Gasteiger partial charge is 0.222 e. The molecule has 13 heavy (non-hydrogen) atoms. The molecule has 0 rings (SSSR count). The summed E-state index contributed by atoms with van der Waals surface area (Å²) < 4.78 is 0. The Hall–Kier alpha value is -0.570. The summed E-state index contributed by atoms with van der Waals surface area (Å²) in [6, 6.07) is 0. The minimum Gasteiger partial charge on any atom is -0.343 e. The zero-order valence-electron chi connectivity index (χ0n) is 8.88. The lowest BCUT2D eigenvalue weighted by atomic mass is 10.2. The fourth-order valence-electron chi connectivity index (χ4n) is 1.29. The van der Waals surface area contributed by atoms with Crippen LogP contribution in [0.5, 0.6) is 0 Å². The fraction of sp³-hybridized carbons (Fsp3) is 0.900. The summed E-state index contributed by atoms with van der Waals surface area (Å²) in [7, 11) is 0. The van der Waals surface area contributed by atoms with Crippen molar-refractivity contribution in [3.8, 4) is 0 Å². The van der Waals surface area contributed by atoms with E-state index in [1.165, 1.54) is 0 Å². The van der Waals surface area contributed by atoms with Gasteiger partial charge in [0.1, 0.15) is 0 Å². The van der Waals surface area contributed by atoms with Crippen LogP contribution in [0.2, 0.25) is 0 Å². The van der Waals surface area contributed by atoms with E-state index in [4.69, 9.17) is 5.73 Å². The van der Waals surface area contributed by atoms with Gasteiger partial charge in [-0.15, -0.1) is 0 Å². The monoisotopic (exact) mass is 186 g/mol. The van der Waals surface area contributed by atoms with Gasteiger partial charge in [0.2, 0.25) is 5.91 Å². The summed E-state index contributed by atoms with van der Waals surface area (Å²) in [6.07, 6.45) is 3.54. The fourth-order valence-corrected chi connectivity index (χ4v) is 1.29. The van der Waals surface area contributed by atoms with Crippen LogP contribution in [0.3, 0.4) is 0 Å². The number of carbonyl (C=O) groups excluding carboxylic acids is 1. The van der Waals surface area contributed by atoms with Crippen molar-refractivity contribution in [1.82, 2.24) is 4.90 Å². The minimum atomic E-state index is 0.276. The lowest BCUT2D eigenvalue weighted by Crippen LogP contribution is -2.33. The summed E-state index contributed by atoms with van der Waals surface area (Å²) >= 11 is 0. The summed E-state index contributed by atoms with van der Waals surface area (Å²) in [6.45, 7) is 6.49. The van der Waals surface area contributed by atoms with Crippen LogP contribution in [0.4, 0.5) is 0 Å². The minimum absolute atomic E-state index is 0.276. The largest absolute Gasteiger partial charge is 0.343 e. The van der Waals surface area contributed by atoms with Gasteiger partial charge in [-0.25, -0.2) is 0 Å². The van der Waals surface area contributed by atoms with Gasteiger partial charge in [0.25, 0.3) is 0 Å². The van der Waals surface area contributed by atoms with Crippen LogP contribution in [0.25, 0.3) is 0 Å². The molecule has 0 spiro atoms. The van der Waals surface area contributed by atoms with Crippen molar-refractivity contribution >= 4 is 5.91 Å². The highest BCUT2D eigenvalue weighted by Gasteiger charge is 2.09. The molecule has 0 aromatic carbocycles. The molecule has 0 fully saturated rings. The Kier molecular flexibility index (Phi) is 7.69. The standard InChI is InChI=1S/C10H22N2O/c1-3-6-10(13)12(8-4-2)9-5-7-11/h3-9,11H2,1-2H3. The second-order valence-corrected chi connectivity index (χ2v) is 3.27. The Morgan fingerprint density at radius 1 is 1.23 bits per heavy atom. The van der Waals surface area contributed by atoms with Crippen LogP contribution in [-0.2, 0) is 4.79 Å². The molecule has 0 atom stereocenters. The van der Waals surface area contributed by atoms with E-state index in [0.717, 1.165) is 32.4 Å². The molecule has 1 amide bonds. The predicted octanol–water partition coefficient (Wildman–Crippen LogP) is 1.37. The van der Waals surface area contributed by atoms with Crippen LogP contribution in [0.15, 0.2) is 0 Å². The maximum atomic E-state index is 11.5. The Bertz CT molecular complexity index is 137. The molecule has 0 heterocycles. The SMILES string of the molecule is CCCC(=O)N(CCC)CCCN. The van der Waals surface area contributed by atoms with Crippen molar-refractivity contribution in [1.29, 1.82) is 0 Å². The second-order valence-electron chi connectivity index (χ2n) is 3.27. The molecule has 0 aliphatic heterocycles. The first-order valence-electron chi connectivity index (χ1n) is 5.24. The lowest BCUT2D eigenvalue weighted by molar-refractivity contribution is -0.131. The topological polar surface area (TPSA) is 46.3 Å². The average molecular weight is 186 g/mol. The van der Waals surface area contributed by atoms with Gasteiger partial charge < -0.3 is 10.6 Å². The summed E-state index contributed by atoms with van der Waals surface area (Å²) in [4.78, 5) is 13.5. The molecule has 0 saturated heterocycles. The third kappa shape index (κ3) is 5.64. The summed E-state index contributed by atoms with van der Waals surface area (Å²) in [5.74, 6) is 0.276. The van der Waals surface area contributed by atoms with Crippen molar-refractivity contribution in [2.24, 2.45) is 5.73 Å². The van der Waals surface area contributed by atoms with Gasteiger partial charge in [0.15, 0.2) is 0 Å². The predicted molar refractivity (Wildman–Crippen MR) is 55.5 cm³/mol. The van der Waals surface area contributed by atoms with Crippen molar-refractivity contribution in [2.45, 2.75) is 39.5 Å². The second kappa shape index (κ2) is 8.05. The molecule has 0 radical (unpaired) electrons. The van der Waals surface area contributed by atoms with Crippen LogP contribution in [0.1, 0.15) is 39.5 Å². The normalized spacial score (nSPS) is 10.1. The summed E-state index contributed by atoms with van der Waals surface area (Å²) in [5.41, 5.74) is 5.41. The van der Waals surface area contributed by atoms with Crippen LogP contribution in [0, 0.1) is 0 Å². The van der Waals surface area contributed by atoms with Crippen molar-refractivity contribution in [3.63, 3.8) is 0 Å². The van der Waals surface area contributed by atoms with Gasteiger partial charge >= 0.3 is 0 Å². The third-order valence-electron chi connectivity index (χ3n) is 1.94. The quantitative estimate of drug-likeness (QED) is 0.653. The number of nitrogens with zero attached hydrogens (tertiary/aromatic N) is 1. The molecular formula is C10H22N2O. The van der Waals surface area contributed by atoms with Gasteiger partial charge in [-0.05, 0) is 25.8 Å². The highest BCUT2D eigenvalue weighted by Crippen LogP contribution is 2.00. The third-order valence-corrected chi connectivity index (χ3v) is 1.94. The van der Waals surface area contributed by atoms with E-state index in [2.05, 4.69) is 6.92 Å². The molecule has 3 nitrogen and oxygen atoms in total. The first kappa shape index (κ1) is 12.4. The average Bonchev–Trinajstić information content (AvgIpc) is 2.12. The van der Waals surface area contributed by atoms with E-state index in [1.807, 2.05) is 11.8 Å². The number of hydrogen-bond acceptors (Lipinski definition) is 2. The molecule has 0 aromatic rings. The number of rotatable bonds is 7. The molecule has 0 aliphatic rings. The highest BCUT2D eigenvalue weighted by atomic mass is 16.2. The highest BCUT2D eigenvalue weighted by molar-refractivity contribution is 5.76. The number of hydrogen-bond donors (Lipinski definition) is 1. The number of amides is 1. The van der Waals surface area contributed by atoms with Gasteiger partial charge in [-0.2, -0.15) is 0 Å². The summed E-state index contributed by atoms with van der Waals surface area (Å²) in [5, 5.41) is 0.